The fourth-order valence-corrected chi connectivity index (χ4v) is 8.79. The van der Waals surface area contributed by atoms with Gasteiger partial charge in [-0.1, -0.05) is 65.1 Å². The first-order chi connectivity index (χ1) is 45.4. The summed E-state index contributed by atoms with van der Waals surface area (Å²) in [5.74, 6) is 1.90. The molecule has 0 saturated heterocycles. The summed E-state index contributed by atoms with van der Waals surface area (Å²) in [7, 11) is 0. The molecule has 0 amide bonds. The third kappa shape index (κ3) is 27.0. The normalized spacial score (nSPS) is 10.3. The summed E-state index contributed by atoms with van der Waals surface area (Å²) < 4.78 is 0. The Kier molecular flexibility index (Phi) is 30.4. The molecule has 0 fully saturated rings. The van der Waals surface area contributed by atoms with Crippen molar-refractivity contribution in [2.75, 3.05) is 45.9 Å². The number of aromatic nitrogens is 8. The SMILES string of the molecule is CC(=O)[O-].Cc1cccc(Cc2cc(N)nc(N)c2)n1.Cc1cccc(Cc2cc(N)nc(N)c2N=Nc2ccc(Cl)cc2)n1.Cc1cccc(Cc2cc(N=Nc3ccc(Cl)cc3)c(N)nc2N)n1.Cc1cccc(Cc2ccc(N)nc2N)n1.N#[N+]c1ccc(Cl)cc1.[Na+]. The number of aliphatic carboxylic acids is 1. The van der Waals surface area contributed by atoms with E-state index in [0.29, 0.717) is 97.7 Å². The van der Waals surface area contributed by atoms with Gasteiger partial charge in [0.15, 0.2) is 16.6 Å². The molecule has 0 aliphatic carbocycles. The van der Waals surface area contributed by atoms with E-state index >= 15 is 0 Å². The zero-order valence-electron chi connectivity index (χ0n) is 53.5. The molecule has 0 radical (unpaired) electrons. The van der Waals surface area contributed by atoms with E-state index < -0.39 is 5.97 Å². The molecule has 96 heavy (non-hydrogen) atoms. The van der Waals surface area contributed by atoms with Crippen molar-refractivity contribution in [1.29, 1.82) is 5.39 Å². The van der Waals surface area contributed by atoms with Crippen molar-refractivity contribution in [3.63, 3.8) is 0 Å². The average molecular weight is 1360 g/mol. The number of aryl methyl sites for hydroxylation is 4. The van der Waals surface area contributed by atoms with Crippen molar-refractivity contribution in [3.8, 4) is 0 Å². The number of nitrogens with two attached hydrogens (primary N) is 8. The minimum absolute atomic E-state index is 0. The quantitative estimate of drug-likeness (QED) is 0.0320. The van der Waals surface area contributed by atoms with Crippen LogP contribution in [0.25, 0.3) is 4.98 Å². The predicted octanol–water partition coefficient (Wildman–Crippen LogP) is 10.9. The van der Waals surface area contributed by atoms with Gasteiger partial charge in [-0.05, 0) is 185 Å². The van der Waals surface area contributed by atoms with Crippen LogP contribution in [0.1, 0.15) is 74.7 Å². The second kappa shape index (κ2) is 38.4. The number of benzene rings is 3. The largest absolute Gasteiger partial charge is 1.00 e. The van der Waals surface area contributed by atoms with E-state index in [-0.39, 0.29) is 41.2 Å². The number of diazo groups is 1. The monoisotopic (exact) mass is 1350 g/mol. The Morgan fingerprint density at radius 3 is 1.24 bits per heavy atom. The molecular weight excluding hydrogens is 1290 g/mol. The van der Waals surface area contributed by atoms with Gasteiger partial charge in [-0.2, -0.15) is 10.2 Å². The molecular formula is C68H69Cl3N22NaO2+. The van der Waals surface area contributed by atoms with Crippen molar-refractivity contribution >= 4 is 116 Å². The van der Waals surface area contributed by atoms with Gasteiger partial charge < -0.3 is 55.8 Å². The molecule has 3 aromatic carbocycles. The number of nitrogens with zero attached hydrogens (tertiary/aromatic N) is 14. The third-order valence-corrected chi connectivity index (χ3v) is 13.4. The van der Waals surface area contributed by atoms with Crippen LogP contribution in [0.3, 0.4) is 0 Å². The maximum absolute atomic E-state index is 8.89. The Balaban J connectivity index is 0.000000220. The number of carbonyl (C=O) groups excluding carboxylic acids is 1. The second-order valence-corrected chi connectivity index (χ2v) is 22.0. The van der Waals surface area contributed by atoms with Gasteiger partial charge in [0.1, 0.15) is 46.3 Å². The minimum Gasteiger partial charge on any atom is -0.550 e. The van der Waals surface area contributed by atoms with Gasteiger partial charge in [0.05, 0.1) is 11.4 Å². The average Bonchev–Trinajstić information content (AvgIpc) is 1.29. The molecule has 11 rings (SSSR count). The summed E-state index contributed by atoms with van der Waals surface area (Å²) in [4.78, 5) is 45.9. The van der Waals surface area contributed by atoms with E-state index in [1.54, 1.807) is 91.0 Å². The Morgan fingerprint density at radius 2 is 0.802 bits per heavy atom. The van der Waals surface area contributed by atoms with Gasteiger partial charge in [0, 0.05) is 116 Å². The van der Waals surface area contributed by atoms with Crippen molar-refractivity contribution < 1.29 is 39.5 Å². The summed E-state index contributed by atoms with van der Waals surface area (Å²) in [6.07, 6.45) is 2.48. The van der Waals surface area contributed by atoms with Crippen molar-refractivity contribution in [2.24, 2.45) is 20.5 Å². The van der Waals surface area contributed by atoms with Crippen LogP contribution >= 0.6 is 34.8 Å². The van der Waals surface area contributed by atoms with Gasteiger partial charge in [-0.25, -0.2) is 19.9 Å². The van der Waals surface area contributed by atoms with Crippen LogP contribution in [-0.2, 0) is 30.5 Å². The standard InChI is InChI=1S/2C18H17ClN6.2C12H14N4.C6H4ClN2.C2H4O2.Na/c1-11-3-2-4-15(22-11)9-12-10-16(20)23-18(21)17(12)25-24-14-7-5-13(19)6-8-14;1-11-3-2-4-15(22-11)9-12-10-16(18(21)23-17(12)20)25-24-14-7-5-13(19)6-8-14;1-8-3-2-4-10(15-8)5-9-6-11(13)16-12(14)7-9;1-8-3-2-4-10(15-8)7-9-5-6-11(13)16-12(9)14;7-5-1-3-6(9-8)4-2-5;1-2(3)4;/h2*2-8,10H,9H2,1H3,(H4,20,21,23);2-4,6-7H,5H2,1H3,(H4,13,14,16);2-6H,7H2,1H3,(H4,13,14,16);1-4H;1H3,(H,3,4);/q;;;;+1;;+1/p-1. The van der Waals surface area contributed by atoms with Gasteiger partial charge in [-0.15, -0.1) is 10.2 Å². The van der Waals surface area contributed by atoms with Crippen LogP contribution in [0.15, 0.2) is 202 Å². The molecule has 0 aliphatic heterocycles. The Labute approximate surface area is 592 Å². The first kappa shape index (κ1) is 75.9. The molecule has 8 heterocycles. The number of pyridine rings is 8. The molecule has 0 spiro atoms. The summed E-state index contributed by atoms with van der Waals surface area (Å²) in [5.41, 5.74) is 60.4. The molecule has 484 valence electrons. The topological polar surface area (TPSA) is 429 Å². The molecule has 0 bridgehead atoms. The molecule has 0 saturated carbocycles. The number of hydrogen-bond donors (Lipinski definition) is 8. The van der Waals surface area contributed by atoms with Gasteiger partial charge in [-0.3, -0.25) is 19.9 Å². The molecule has 0 unspecified atom stereocenters. The van der Waals surface area contributed by atoms with Crippen LogP contribution in [0.4, 0.5) is 75.0 Å². The number of rotatable bonds is 12. The smallest absolute Gasteiger partial charge is 0.550 e. The molecule has 8 aromatic heterocycles. The summed E-state index contributed by atoms with van der Waals surface area (Å²) in [6.45, 7) is 8.80. The van der Waals surface area contributed by atoms with E-state index in [1.165, 1.54) is 0 Å². The summed E-state index contributed by atoms with van der Waals surface area (Å²) in [5, 5.41) is 35.9. The third-order valence-electron chi connectivity index (χ3n) is 12.6. The molecule has 0 aliphatic rings. The van der Waals surface area contributed by atoms with E-state index in [2.05, 4.69) is 65.3 Å². The van der Waals surface area contributed by atoms with Crippen molar-refractivity contribution in [2.45, 2.75) is 60.3 Å². The summed E-state index contributed by atoms with van der Waals surface area (Å²) in [6, 6.07) is 55.0. The number of anilines is 8. The summed E-state index contributed by atoms with van der Waals surface area (Å²) >= 11 is 17.3. The van der Waals surface area contributed by atoms with Crippen molar-refractivity contribution in [3.05, 3.63) is 270 Å². The number of azo groups is 2. The molecule has 24 nitrogen and oxygen atoms in total. The van der Waals surface area contributed by atoms with E-state index in [1.807, 2.05) is 119 Å². The maximum Gasteiger partial charge on any atom is 1.00 e. The first-order valence-corrected chi connectivity index (χ1v) is 30.0. The van der Waals surface area contributed by atoms with E-state index in [4.69, 9.17) is 96.0 Å². The molecule has 28 heteroatoms. The van der Waals surface area contributed by atoms with Crippen LogP contribution in [0, 0.1) is 33.1 Å². The maximum atomic E-state index is 8.89. The second-order valence-electron chi connectivity index (χ2n) is 20.7. The molecule has 0 atom stereocenters. The zero-order chi connectivity index (χ0) is 69.0. The van der Waals surface area contributed by atoms with E-state index in [9.17, 15) is 0 Å². The minimum atomic E-state index is -1.08. The van der Waals surface area contributed by atoms with Crippen LogP contribution in [0.2, 0.25) is 15.1 Å². The van der Waals surface area contributed by atoms with Crippen molar-refractivity contribution in [1.82, 2.24) is 39.9 Å². The van der Waals surface area contributed by atoms with Crippen LogP contribution in [0.5, 0.6) is 0 Å². The molecule has 11 aromatic rings. The van der Waals surface area contributed by atoms with Gasteiger partial charge in [0.25, 0.3) is 0 Å². The number of carboxylic acids is 1. The zero-order valence-corrected chi connectivity index (χ0v) is 57.7. The number of nitrogen functional groups attached to an aromatic ring is 8. The van der Waals surface area contributed by atoms with Gasteiger partial charge >= 0.3 is 35.2 Å². The number of carbonyl (C=O) groups is 1. The van der Waals surface area contributed by atoms with Gasteiger partial charge in [0.2, 0.25) is 5.39 Å². The Hall–Kier alpha value is -10.8. The number of halogens is 3. The Bertz CT molecular complexity index is 4440. The fraction of sp³-hybridized carbons (Fsp3) is 0.132. The number of hydrogen-bond acceptors (Lipinski definition) is 23. The van der Waals surface area contributed by atoms with Crippen LogP contribution in [-0.4, -0.2) is 45.8 Å². The fourth-order valence-electron chi connectivity index (χ4n) is 8.41. The molecule has 16 N–H and O–H groups in total. The predicted molar refractivity (Wildman–Crippen MR) is 378 cm³/mol. The first-order valence-electron chi connectivity index (χ1n) is 28.8. The van der Waals surface area contributed by atoms with Crippen LogP contribution < -0.4 is 80.5 Å². The Morgan fingerprint density at radius 1 is 0.417 bits per heavy atom. The van der Waals surface area contributed by atoms with E-state index in [0.717, 1.165) is 81.1 Å². The number of carboxylic acid groups (broad SMARTS) is 1.